The van der Waals surface area contributed by atoms with E-state index in [1.165, 1.54) is 6.92 Å². The molecule has 0 aliphatic rings. The van der Waals surface area contributed by atoms with Gasteiger partial charge in [0.25, 0.3) is 0 Å². The molecule has 0 spiro atoms. The van der Waals surface area contributed by atoms with Gasteiger partial charge in [0.05, 0.1) is 0 Å². The first-order valence-corrected chi connectivity index (χ1v) is 6.29. The Balaban J connectivity index is 2.26. The number of halogens is 1. The molecule has 0 radical (unpaired) electrons. The SMILES string of the molecule is CC(=O)c1ccc(Nc2ccc(C)c(Cl)c2)cc1N. The number of hydrogen-bond donors (Lipinski definition) is 2. The molecular formula is C15H15ClN2O. The van der Waals surface area contributed by atoms with Crippen molar-refractivity contribution in [2.45, 2.75) is 13.8 Å². The van der Waals surface area contributed by atoms with Crippen molar-refractivity contribution in [3.05, 3.63) is 52.5 Å². The van der Waals surface area contributed by atoms with E-state index < -0.39 is 0 Å². The largest absolute Gasteiger partial charge is 0.398 e. The summed E-state index contributed by atoms with van der Waals surface area (Å²) in [4.78, 5) is 11.3. The molecule has 0 fully saturated rings. The highest BCUT2D eigenvalue weighted by molar-refractivity contribution is 6.31. The van der Waals surface area contributed by atoms with Crippen LogP contribution in [0.1, 0.15) is 22.8 Å². The van der Waals surface area contributed by atoms with E-state index >= 15 is 0 Å². The van der Waals surface area contributed by atoms with Crippen LogP contribution in [0.5, 0.6) is 0 Å². The van der Waals surface area contributed by atoms with Gasteiger partial charge in [-0.2, -0.15) is 0 Å². The molecule has 19 heavy (non-hydrogen) atoms. The molecule has 0 heterocycles. The lowest BCUT2D eigenvalue weighted by molar-refractivity contribution is 0.101. The number of anilines is 3. The number of nitrogens with two attached hydrogens (primary N) is 1. The number of carbonyl (C=O) groups is 1. The molecule has 0 aliphatic heterocycles. The van der Waals surface area contributed by atoms with E-state index in [1.807, 2.05) is 31.2 Å². The van der Waals surface area contributed by atoms with E-state index in [-0.39, 0.29) is 5.78 Å². The van der Waals surface area contributed by atoms with Crippen molar-refractivity contribution < 1.29 is 4.79 Å². The summed E-state index contributed by atoms with van der Waals surface area (Å²) >= 11 is 6.07. The van der Waals surface area contributed by atoms with Gasteiger partial charge in [-0.1, -0.05) is 17.7 Å². The molecule has 4 heteroatoms. The van der Waals surface area contributed by atoms with E-state index in [9.17, 15) is 4.79 Å². The number of hydrogen-bond acceptors (Lipinski definition) is 3. The number of nitrogens with one attached hydrogen (secondary N) is 1. The van der Waals surface area contributed by atoms with E-state index in [0.29, 0.717) is 16.3 Å². The molecule has 2 rings (SSSR count). The number of Topliss-reactive ketones (excluding diaryl/α,β-unsaturated/α-hetero) is 1. The molecule has 3 nitrogen and oxygen atoms in total. The average molecular weight is 275 g/mol. The van der Waals surface area contributed by atoms with Crippen molar-refractivity contribution in [1.82, 2.24) is 0 Å². The van der Waals surface area contributed by atoms with Gasteiger partial charge in [0.1, 0.15) is 0 Å². The zero-order valence-electron chi connectivity index (χ0n) is 10.8. The molecule has 0 unspecified atom stereocenters. The first kappa shape index (κ1) is 13.4. The van der Waals surface area contributed by atoms with Crippen molar-refractivity contribution in [3.8, 4) is 0 Å². The molecule has 0 saturated carbocycles. The lowest BCUT2D eigenvalue weighted by Crippen LogP contribution is -2.00. The standard InChI is InChI=1S/C15H15ClN2O/c1-9-3-4-11(7-14(9)16)18-12-5-6-13(10(2)19)15(17)8-12/h3-8,18H,17H2,1-2H3. The molecule has 0 aromatic heterocycles. The fourth-order valence-corrected chi connectivity index (χ4v) is 1.98. The van der Waals surface area contributed by atoms with E-state index in [0.717, 1.165) is 16.9 Å². The Morgan fingerprint density at radius 3 is 2.37 bits per heavy atom. The van der Waals surface area contributed by atoms with Crippen LogP contribution in [0, 0.1) is 6.92 Å². The highest BCUT2D eigenvalue weighted by Crippen LogP contribution is 2.25. The predicted octanol–water partition coefficient (Wildman–Crippen LogP) is 4.18. The fourth-order valence-electron chi connectivity index (χ4n) is 1.80. The number of rotatable bonds is 3. The van der Waals surface area contributed by atoms with Crippen LogP contribution in [0.4, 0.5) is 17.1 Å². The van der Waals surface area contributed by atoms with Crippen LogP contribution in [-0.2, 0) is 0 Å². The minimum absolute atomic E-state index is 0.0394. The predicted molar refractivity (Wildman–Crippen MR) is 80.3 cm³/mol. The average Bonchev–Trinajstić information content (AvgIpc) is 2.33. The van der Waals surface area contributed by atoms with Gasteiger partial charge in [-0.05, 0) is 49.7 Å². The Kier molecular flexibility index (Phi) is 3.76. The van der Waals surface area contributed by atoms with E-state index in [4.69, 9.17) is 17.3 Å². The molecule has 0 atom stereocenters. The second-order valence-electron chi connectivity index (χ2n) is 4.45. The van der Waals surface area contributed by atoms with Crippen molar-refractivity contribution >= 4 is 34.4 Å². The number of carbonyl (C=O) groups excluding carboxylic acids is 1. The number of benzene rings is 2. The van der Waals surface area contributed by atoms with Crippen LogP contribution in [-0.4, -0.2) is 5.78 Å². The quantitative estimate of drug-likeness (QED) is 0.652. The summed E-state index contributed by atoms with van der Waals surface area (Å²) in [6, 6.07) is 11.0. The maximum atomic E-state index is 11.3. The highest BCUT2D eigenvalue weighted by atomic mass is 35.5. The van der Waals surface area contributed by atoms with Gasteiger partial charge in [-0.3, -0.25) is 4.79 Å². The second kappa shape index (κ2) is 5.33. The number of aryl methyl sites for hydroxylation is 1. The second-order valence-corrected chi connectivity index (χ2v) is 4.85. The molecule has 2 aromatic carbocycles. The van der Waals surface area contributed by atoms with Crippen molar-refractivity contribution in [2.24, 2.45) is 0 Å². The van der Waals surface area contributed by atoms with Crippen molar-refractivity contribution in [3.63, 3.8) is 0 Å². The molecule has 0 bridgehead atoms. The Hall–Kier alpha value is -2.00. The van der Waals surface area contributed by atoms with Gasteiger partial charge in [-0.15, -0.1) is 0 Å². The van der Waals surface area contributed by atoms with Gasteiger partial charge < -0.3 is 11.1 Å². The zero-order chi connectivity index (χ0) is 14.0. The lowest BCUT2D eigenvalue weighted by Gasteiger charge is -2.10. The van der Waals surface area contributed by atoms with Gasteiger partial charge in [0.15, 0.2) is 5.78 Å². The highest BCUT2D eigenvalue weighted by Gasteiger charge is 2.05. The molecule has 2 aromatic rings. The molecular weight excluding hydrogens is 260 g/mol. The van der Waals surface area contributed by atoms with Crippen LogP contribution < -0.4 is 11.1 Å². The fraction of sp³-hybridized carbons (Fsp3) is 0.133. The summed E-state index contributed by atoms with van der Waals surface area (Å²) in [5.74, 6) is -0.0394. The Labute approximate surface area is 117 Å². The Bertz CT molecular complexity index is 638. The molecule has 0 amide bonds. The zero-order valence-corrected chi connectivity index (χ0v) is 11.6. The third-order valence-corrected chi connectivity index (χ3v) is 3.30. The van der Waals surface area contributed by atoms with Gasteiger partial charge in [0.2, 0.25) is 0 Å². The molecule has 0 aliphatic carbocycles. The van der Waals surface area contributed by atoms with Crippen LogP contribution in [0.2, 0.25) is 5.02 Å². The maximum absolute atomic E-state index is 11.3. The maximum Gasteiger partial charge on any atom is 0.161 e. The Morgan fingerprint density at radius 2 is 1.79 bits per heavy atom. The number of ketones is 1. The van der Waals surface area contributed by atoms with E-state index in [1.54, 1.807) is 12.1 Å². The third-order valence-electron chi connectivity index (χ3n) is 2.89. The lowest BCUT2D eigenvalue weighted by atomic mass is 10.1. The summed E-state index contributed by atoms with van der Waals surface area (Å²) in [6.07, 6.45) is 0. The smallest absolute Gasteiger partial charge is 0.161 e. The minimum atomic E-state index is -0.0394. The normalized spacial score (nSPS) is 10.3. The van der Waals surface area contributed by atoms with Crippen LogP contribution in [0.25, 0.3) is 0 Å². The van der Waals surface area contributed by atoms with Gasteiger partial charge >= 0.3 is 0 Å². The Morgan fingerprint density at radius 1 is 1.16 bits per heavy atom. The monoisotopic (exact) mass is 274 g/mol. The van der Waals surface area contributed by atoms with Gasteiger partial charge in [0, 0.05) is 27.6 Å². The molecule has 98 valence electrons. The minimum Gasteiger partial charge on any atom is -0.398 e. The first-order chi connectivity index (χ1) is 8.97. The van der Waals surface area contributed by atoms with Gasteiger partial charge in [-0.25, -0.2) is 0 Å². The molecule has 3 N–H and O–H groups in total. The summed E-state index contributed by atoms with van der Waals surface area (Å²) in [5, 5.41) is 3.91. The summed E-state index contributed by atoms with van der Waals surface area (Å²) < 4.78 is 0. The first-order valence-electron chi connectivity index (χ1n) is 5.91. The van der Waals surface area contributed by atoms with Crippen molar-refractivity contribution in [1.29, 1.82) is 0 Å². The summed E-state index contributed by atoms with van der Waals surface area (Å²) in [7, 11) is 0. The third kappa shape index (κ3) is 3.06. The van der Waals surface area contributed by atoms with E-state index in [2.05, 4.69) is 5.32 Å². The van der Waals surface area contributed by atoms with Crippen LogP contribution >= 0.6 is 11.6 Å². The van der Waals surface area contributed by atoms with Crippen molar-refractivity contribution in [2.75, 3.05) is 11.1 Å². The summed E-state index contributed by atoms with van der Waals surface area (Å²) in [6.45, 7) is 3.45. The summed E-state index contributed by atoms with van der Waals surface area (Å²) in [5.41, 5.74) is 9.57. The molecule has 0 saturated heterocycles. The van der Waals surface area contributed by atoms with Crippen LogP contribution in [0.15, 0.2) is 36.4 Å². The number of nitrogen functional groups attached to an aromatic ring is 1. The van der Waals surface area contributed by atoms with Crippen LogP contribution in [0.3, 0.4) is 0 Å². The topological polar surface area (TPSA) is 55.1 Å².